The Morgan fingerprint density at radius 3 is 2.45 bits per heavy atom. The monoisotopic (exact) mass is 421 g/mol. The lowest BCUT2D eigenvalue weighted by molar-refractivity contribution is -0.152. The van der Waals surface area contributed by atoms with E-state index in [0.717, 1.165) is 29.6 Å². The maximum Gasteiger partial charge on any atom is 0.323 e. The lowest BCUT2D eigenvalue weighted by atomic mass is 9.80. The van der Waals surface area contributed by atoms with Crippen molar-refractivity contribution in [2.24, 2.45) is 11.8 Å². The number of esters is 1. The smallest absolute Gasteiger partial charge is 0.323 e. The number of ether oxygens (including phenoxy) is 2. The van der Waals surface area contributed by atoms with Crippen LogP contribution in [0.2, 0.25) is 0 Å². The summed E-state index contributed by atoms with van der Waals surface area (Å²) >= 11 is 0. The summed E-state index contributed by atoms with van der Waals surface area (Å²) in [7, 11) is 1.63. The molecule has 2 aliphatic rings. The highest BCUT2D eigenvalue weighted by molar-refractivity contribution is 5.76. The van der Waals surface area contributed by atoms with Gasteiger partial charge in [0.1, 0.15) is 24.7 Å². The maximum atomic E-state index is 13.2. The van der Waals surface area contributed by atoms with Crippen molar-refractivity contribution in [3.63, 3.8) is 0 Å². The van der Waals surface area contributed by atoms with Crippen LogP contribution in [0.25, 0.3) is 0 Å². The van der Waals surface area contributed by atoms with Gasteiger partial charge < -0.3 is 14.3 Å². The van der Waals surface area contributed by atoms with Crippen LogP contribution in [0.3, 0.4) is 0 Å². The average Bonchev–Trinajstić information content (AvgIpc) is 3.22. The number of rotatable bonds is 9. The van der Waals surface area contributed by atoms with Gasteiger partial charge in [0, 0.05) is 24.9 Å². The molecule has 2 aromatic carbocycles. The van der Waals surface area contributed by atoms with Crippen molar-refractivity contribution < 1.29 is 19.1 Å². The molecule has 2 fully saturated rings. The second-order valence-corrected chi connectivity index (χ2v) is 8.78. The van der Waals surface area contributed by atoms with Gasteiger partial charge in [-0.15, -0.1) is 0 Å². The Bertz CT molecular complexity index is 863. The van der Waals surface area contributed by atoms with Gasteiger partial charge in [-0.3, -0.25) is 9.69 Å². The molecule has 0 bridgehead atoms. The van der Waals surface area contributed by atoms with Gasteiger partial charge >= 0.3 is 5.97 Å². The second kappa shape index (κ2) is 10.1. The van der Waals surface area contributed by atoms with Gasteiger partial charge in [0.05, 0.1) is 7.11 Å². The van der Waals surface area contributed by atoms with Crippen molar-refractivity contribution in [3.05, 3.63) is 65.7 Å². The zero-order valence-electron chi connectivity index (χ0n) is 18.1. The topological polar surface area (TPSA) is 55.8 Å². The van der Waals surface area contributed by atoms with Gasteiger partial charge in [-0.1, -0.05) is 61.7 Å². The van der Waals surface area contributed by atoms with Crippen molar-refractivity contribution in [1.29, 1.82) is 0 Å². The third-order valence-corrected chi connectivity index (χ3v) is 6.83. The Kier molecular flexibility index (Phi) is 7.03. The number of hydrogen-bond acceptors (Lipinski definition) is 5. The van der Waals surface area contributed by atoms with Gasteiger partial charge in [0.25, 0.3) is 0 Å². The van der Waals surface area contributed by atoms with Crippen molar-refractivity contribution in [3.8, 4) is 5.75 Å². The number of aldehydes is 1. The fourth-order valence-electron chi connectivity index (χ4n) is 4.72. The first-order valence-electron chi connectivity index (χ1n) is 11.2. The van der Waals surface area contributed by atoms with E-state index >= 15 is 0 Å². The lowest BCUT2D eigenvalue weighted by Crippen LogP contribution is -2.43. The van der Waals surface area contributed by atoms with Crippen molar-refractivity contribution in [2.45, 2.75) is 44.2 Å². The van der Waals surface area contributed by atoms with E-state index in [2.05, 4.69) is 17.0 Å². The van der Waals surface area contributed by atoms with Crippen LogP contribution in [0.5, 0.6) is 5.75 Å². The standard InChI is InChI=1S/C26H31NO4/c1-30-23-12-10-20(11-13-23)18-31-26(29)25(14-19-6-5-7-19)27-15-22(17-28)24(16-27)21-8-3-2-4-9-21/h2-4,8-13,17,19,22,24-25H,5-7,14-16,18H2,1H3/t22-,24-,25+/m1/s1. The summed E-state index contributed by atoms with van der Waals surface area (Å²) in [6, 6.07) is 17.4. The van der Waals surface area contributed by atoms with E-state index in [-0.39, 0.29) is 30.5 Å². The first-order chi connectivity index (χ1) is 15.2. The molecule has 5 nitrogen and oxygen atoms in total. The zero-order valence-corrected chi connectivity index (χ0v) is 18.1. The van der Waals surface area contributed by atoms with Crippen LogP contribution in [0.4, 0.5) is 0 Å². The van der Waals surface area contributed by atoms with Crippen LogP contribution in [-0.2, 0) is 20.9 Å². The van der Waals surface area contributed by atoms with Gasteiger partial charge in [0.15, 0.2) is 0 Å². The molecule has 0 aromatic heterocycles. The van der Waals surface area contributed by atoms with Crippen LogP contribution in [0, 0.1) is 11.8 Å². The molecule has 2 aromatic rings. The van der Waals surface area contributed by atoms with E-state index < -0.39 is 0 Å². The Hall–Kier alpha value is -2.66. The summed E-state index contributed by atoms with van der Waals surface area (Å²) < 4.78 is 10.9. The van der Waals surface area contributed by atoms with E-state index in [1.165, 1.54) is 19.3 Å². The Morgan fingerprint density at radius 1 is 1.10 bits per heavy atom. The molecule has 0 spiro atoms. The molecule has 3 atom stereocenters. The Balaban J connectivity index is 1.45. The number of nitrogens with zero attached hydrogens (tertiary/aromatic N) is 1. The van der Waals surface area contributed by atoms with E-state index in [4.69, 9.17) is 9.47 Å². The molecule has 1 aliphatic carbocycles. The van der Waals surface area contributed by atoms with Gasteiger partial charge in [-0.2, -0.15) is 0 Å². The minimum Gasteiger partial charge on any atom is -0.497 e. The molecule has 1 saturated carbocycles. The summed E-state index contributed by atoms with van der Waals surface area (Å²) in [5.74, 6) is 1.20. The van der Waals surface area contributed by atoms with Crippen molar-refractivity contribution in [2.75, 3.05) is 20.2 Å². The number of benzene rings is 2. The molecule has 1 saturated heterocycles. The van der Waals surface area contributed by atoms with Crippen LogP contribution in [-0.4, -0.2) is 43.4 Å². The third kappa shape index (κ3) is 5.16. The molecule has 0 N–H and O–H groups in total. The fourth-order valence-corrected chi connectivity index (χ4v) is 4.72. The molecule has 0 unspecified atom stereocenters. The maximum absolute atomic E-state index is 13.2. The largest absolute Gasteiger partial charge is 0.497 e. The first kappa shape index (κ1) is 21.6. The molecule has 0 amide bonds. The molecule has 164 valence electrons. The fraction of sp³-hybridized carbons (Fsp3) is 0.462. The highest BCUT2D eigenvalue weighted by Gasteiger charge is 2.41. The van der Waals surface area contributed by atoms with Crippen molar-refractivity contribution >= 4 is 12.3 Å². The molecule has 31 heavy (non-hydrogen) atoms. The zero-order chi connectivity index (χ0) is 21.6. The van der Waals surface area contributed by atoms with Gasteiger partial charge in [-0.05, 0) is 35.6 Å². The highest BCUT2D eigenvalue weighted by atomic mass is 16.5. The van der Waals surface area contributed by atoms with Crippen LogP contribution < -0.4 is 4.74 Å². The molecule has 5 heteroatoms. The predicted molar refractivity (Wildman–Crippen MR) is 119 cm³/mol. The minimum atomic E-state index is -0.292. The minimum absolute atomic E-state index is 0.0966. The average molecular weight is 422 g/mol. The summed E-state index contributed by atoms with van der Waals surface area (Å²) in [6.45, 7) is 1.57. The van der Waals surface area contributed by atoms with E-state index in [1.807, 2.05) is 42.5 Å². The molecule has 4 rings (SSSR count). The number of hydrogen-bond donors (Lipinski definition) is 0. The highest BCUT2D eigenvalue weighted by Crippen LogP contribution is 2.37. The number of carbonyl (C=O) groups is 2. The third-order valence-electron chi connectivity index (χ3n) is 6.83. The van der Waals surface area contributed by atoms with Crippen molar-refractivity contribution in [1.82, 2.24) is 4.90 Å². The predicted octanol–water partition coefficient (Wildman–Crippen LogP) is 4.21. The second-order valence-electron chi connectivity index (χ2n) is 8.78. The molecular formula is C26H31NO4. The van der Waals surface area contributed by atoms with E-state index in [0.29, 0.717) is 19.0 Å². The summed E-state index contributed by atoms with van der Waals surface area (Å²) in [6.07, 6.45) is 5.46. The van der Waals surface area contributed by atoms with Crippen LogP contribution in [0.1, 0.15) is 42.7 Å². The van der Waals surface area contributed by atoms with Gasteiger partial charge in [0.2, 0.25) is 0 Å². The van der Waals surface area contributed by atoms with Crippen LogP contribution >= 0.6 is 0 Å². The molecular weight excluding hydrogens is 390 g/mol. The van der Waals surface area contributed by atoms with Gasteiger partial charge in [-0.25, -0.2) is 0 Å². The quantitative estimate of drug-likeness (QED) is 0.448. The van der Waals surface area contributed by atoms with Crippen LogP contribution in [0.15, 0.2) is 54.6 Å². The number of carbonyl (C=O) groups excluding carboxylic acids is 2. The molecule has 1 heterocycles. The molecule has 1 aliphatic heterocycles. The van der Waals surface area contributed by atoms with E-state index in [1.54, 1.807) is 7.11 Å². The first-order valence-corrected chi connectivity index (χ1v) is 11.2. The molecule has 0 radical (unpaired) electrons. The summed E-state index contributed by atoms with van der Waals surface area (Å²) in [5, 5.41) is 0. The number of likely N-dealkylation sites (tertiary alicyclic amines) is 1. The Labute approximate surface area is 184 Å². The SMILES string of the molecule is COc1ccc(COC(=O)[C@H](CC2CCC2)N2C[C@H](c3ccccc3)[C@@H](C=O)C2)cc1. The Morgan fingerprint density at radius 2 is 1.84 bits per heavy atom. The van der Waals surface area contributed by atoms with E-state index in [9.17, 15) is 9.59 Å². The lowest BCUT2D eigenvalue weighted by Gasteiger charge is -2.33. The summed E-state index contributed by atoms with van der Waals surface area (Å²) in [5.41, 5.74) is 2.10. The normalized spacial score (nSPS) is 22.5. The summed E-state index contributed by atoms with van der Waals surface area (Å²) in [4.78, 5) is 27.2. The number of methoxy groups -OCH3 is 1.